The number of nitrogens with two attached hydrogens (primary N) is 1. The minimum atomic E-state index is -0.314. The lowest BCUT2D eigenvalue weighted by Gasteiger charge is -2.17. The summed E-state index contributed by atoms with van der Waals surface area (Å²) in [6.07, 6.45) is 0. The number of hydrogen-bond donors (Lipinski definition) is 3. The number of aliphatic hydroxyl groups excluding tert-OH is 1. The fourth-order valence-corrected chi connectivity index (χ4v) is 1.04. The third kappa shape index (κ3) is 2.19. The summed E-state index contributed by atoms with van der Waals surface area (Å²) in [5, 5.41) is 14.7. The number of nitrogens with one attached hydrogen (secondary N) is 1. The van der Waals surface area contributed by atoms with E-state index in [9.17, 15) is 4.79 Å². The summed E-state index contributed by atoms with van der Waals surface area (Å²) in [5.74, 6) is -0.183. The molecule has 0 saturated heterocycles. The summed E-state index contributed by atoms with van der Waals surface area (Å²) in [5.41, 5.74) is 5.26. The van der Waals surface area contributed by atoms with Crippen LogP contribution in [0.4, 0.5) is 5.95 Å². The van der Waals surface area contributed by atoms with E-state index in [-0.39, 0.29) is 30.8 Å². The van der Waals surface area contributed by atoms with Crippen LogP contribution in [0.3, 0.4) is 0 Å². The van der Waals surface area contributed by atoms with Gasteiger partial charge in [0.25, 0.3) is 5.91 Å². The summed E-state index contributed by atoms with van der Waals surface area (Å²) >= 11 is 0. The van der Waals surface area contributed by atoms with E-state index in [4.69, 9.17) is 10.8 Å². The molecule has 0 saturated carbocycles. The van der Waals surface area contributed by atoms with Crippen molar-refractivity contribution in [1.82, 2.24) is 20.1 Å². The normalized spacial score (nSPS) is 10.1. The van der Waals surface area contributed by atoms with Gasteiger partial charge in [0.15, 0.2) is 0 Å². The number of aromatic amines is 1. The Hall–Kier alpha value is -1.63. The van der Waals surface area contributed by atoms with Gasteiger partial charge in [-0.05, 0) is 6.92 Å². The molecule has 0 bridgehead atoms. The summed E-state index contributed by atoms with van der Waals surface area (Å²) in [6, 6.07) is 0. The number of amides is 1. The third-order valence-electron chi connectivity index (χ3n) is 1.74. The number of nitrogen functional groups attached to an aromatic ring is 1. The van der Waals surface area contributed by atoms with Crippen LogP contribution < -0.4 is 5.73 Å². The Morgan fingerprint density at radius 3 is 2.86 bits per heavy atom. The molecule has 0 aliphatic carbocycles. The van der Waals surface area contributed by atoms with E-state index in [1.807, 2.05) is 6.92 Å². The van der Waals surface area contributed by atoms with Gasteiger partial charge in [0, 0.05) is 13.1 Å². The van der Waals surface area contributed by atoms with Crippen molar-refractivity contribution in [2.45, 2.75) is 6.92 Å². The van der Waals surface area contributed by atoms with Crippen LogP contribution in [0.2, 0.25) is 0 Å². The zero-order valence-electron chi connectivity index (χ0n) is 7.90. The highest BCUT2D eigenvalue weighted by molar-refractivity contribution is 5.90. The first-order valence-corrected chi connectivity index (χ1v) is 4.27. The average Bonchev–Trinajstić information content (AvgIpc) is 2.60. The summed E-state index contributed by atoms with van der Waals surface area (Å²) < 4.78 is 0. The lowest BCUT2D eigenvalue weighted by Crippen LogP contribution is -2.34. The van der Waals surface area contributed by atoms with Crippen molar-refractivity contribution in [1.29, 1.82) is 0 Å². The number of aromatic nitrogens is 3. The Morgan fingerprint density at radius 1 is 1.71 bits per heavy atom. The first-order valence-electron chi connectivity index (χ1n) is 4.27. The van der Waals surface area contributed by atoms with E-state index in [1.165, 1.54) is 4.90 Å². The van der Waals surface area contributed by atoms with Crippen molar-refractivity contribution >= 4 is 11.9 Å². The molecule has 1 amide bonds. The van der Waals surface area contributed by atoms with Gasteiger partial charge < -0.3 is 15.7 Å². The number of carbonyl (C=O) groups is 1. The Labute approximate surface area is 80.9 Å². The maximum atomic E-state index is 11.6. The molecule has 1 rings (SSSR count). The van der Waals surface area contributed by atoms with Crippen molar-refractivity contribution in [3.05, 3.63) is 5.82 Å². The summed E-state index contributed by atoms with van der Waals surface area (Å²) in [7, 11) is 0. The van der Waals surface area contributed by atoms with Gasteiger partial charge in [-0.2, -0.15) is 4.98 Å². The molecular formula is C7H13N5O2. The van der Waals surface area contributed by atoms with Crippen molar-refractivity contribution in [2.75, 3.05) is 25.4 Å². The zero-order valence-corrected chi connectivity index (χ0v) is 7.90. The van der Waals surface area contributed by atoms with Crippen LogP contribution in [0.25, 0.3) is 0 Å². The number of carbonyl (C=O) groups excluding carboxylic acids is 1. The number of likely N-dealkylation sites (N-methyl/N-ethyl adjacent to an activating group) is 1. The van der Waals surface area contributed by atoms with Gasteiger partial charge in [0.2, 0.25) is 11.8 Å². The number of rotatable bonds is 4. The van der Waals surface area contributed by atoms with E-state index in [2.05, 4.69) is 15.2 Å². The van der Waals surface area contributed by atoms with Gasteiger partial charge in [-0.3, -0.25) is 9.89 Å². The zero-order chi connectivity index (χ0) is 10.6. The van der Waals surface area contributed by atoms with Crippen molar-refractivity contribution in [3.8, 4) is 0 Å². The molecule has 1 aromatic rings. The van der Waals surface area contributed by atoms with E-state index in [0.717, 1.165) is 0 Å². The second kappa shape index (κ2) is 4.56. The lowest BCUT2D eigenvalue weighted by molar-refractivity contribution is 0.0720. The number of H-pyrrole nitrogens is 1. The monoisotopic (exact) mass is 199 g/mol. The fourth-order valence-electron chi connectivity index (χ4n) is 1.04. The van der Waals surface area contributed by atoms with Crippen LogP contribution in [0.15, 0.2) is 0 Å². The van der Waals surface area contributed by atoms with Gasteiger partial charge in [-0.15, -0.1) is 5.10 Å². The largest absolute Gasteiger partial charge is 0.395 e. The molecule has 0 aliphatic rings. The Bertz CT molecular complexity index is 311. The second-order valence-electron chi connectivity index (χ2n) is 2.65. The molecule has 0 fully saturated rings. The Kier molecular flexibility index (Phi) is 3.41. The standard InChI is InChI=1S/C7H13N5O2/c1-2-12(3-4-13)6(14)5-9-7(8)11-10-5/h13H,2-4H2,1H3,(H3,8,9,10,11). The average molecular weight is 199 g/mol. The first-order chi connectivity index (χ1) is 6.69. The fraction of sp³-hybridized carbons (Fsp3) is 0.571. The maximum Gasteiger partial charge on any atom is 0.291 e. The minimum Gasteiger partial charge on any atom is -0.395 e. The Morgan fingerprint density at radius 2 is 2.43 bits per heavy atom. The number of hydrogen-bond acceptors (Lipinski definition) is 5. The van der Waals surface area contributed by atoms with Gasteiger partial charge in [0.05, 0.1) is 6.61 Å². The van der Waals surface area contributed by atoms with Crippen molar-refractivity contribution in [3.63, 3.8) is 0 Å². The van der Waals surface area contributed by atoms with E-state index >= 15 is 0 Å². The van der Waals surface area contributed by atoms with Crippen LogP contribution in [0.5, 0.6) is 0 Å². The quantitative estimate of drug-likeness (QED) is 0.567. The molecule has 1 aromatic heterocycles. The molecule has 0 unspecified atom stereocenters. The number of anilines is 1. The third-order valence-corrected chi connectivity index (χ3v) is 1.74. The second-order valence-corrected chi connectivity index (χ2v) is 2.65. The molecule has 0 radical (unpaired) electrons. The smallest absolute Gasteiger partial charge is 0.291 e. The van der Waals surface area contributed by atoms with Crippen molar-refractivity contribution in [2.24, 2.45) is 0 Å². The molecule has 0 atom stereocenters. The molecule has 0 aromatic carbocycles. The summed E-state index contributed by atoms with van der Waals surface area (Å²) in [6.45, 7) is 2.51. The van der Waals surface area contributed by atoms with Gasteiger partial charge in [0.1, 0.15) is 0 Å². The molecule has 78 valence electrons. The molecule has 0 aliphatic heterocycles. The molecule has 1 heterocycles. The van der Waals surface area contributed by atoms with Crippen molar-refractivity contribution < 1.29 is 9.90 Å². The highest BCUT2D eigenvalue weighted by Gasteiger charge is 2.16. The van der Waals surface area contributed by atoms with E-state index in [1.54, 1.807) is 0 Å². The van der Waals surface area contributed by atoms with E-state index < -0.39 is 0 Å². The topological polar surface area (TPSA) is 108 Å². The SMILES string of the molecule is CCN(CCO)C(=O)c1nc(N)n[nH]1. The predicted molar refractivity (Wildman–Crippen MR) is 49.5 cm³/mol. The molecule has 7 heteroatoms. The van der Waals surface area contributed by atoms with Crippen LogP contribution in [0.1, 0.15) is 17.5 Å². The molecule has 0 spiro atoms. The Balaban J connectivity index is 2.72. The van der Waals surface area contributed by atoms with E-state index in [0.29, 0.717) is 6.54 Å². The number of nitrogens with zero attached hydrogens (tertiary/aromatic N) is 3. The highest BCUT2D eigenvalue weighted by atomic mass is 16.3. The maximum absolute atomic E-state index is 11.6. The number of aliphatic hydroxyl groups is 1. The van der Waals surface area contributed by atoms with Gasteiger partial charge in [-0.25, -0.2) is 0 Å². The predicted octanol–water partition coefficient (Wildman–Crippen LogP) is -1.16. The lowest BCUT2D eigenvalue weighted by atomic mass is 10.4. The summed E-state index contributed by atoms with van der Waals surface area (Å²) in [4.78, 5) is 16.7. The first kappa shape index (κ1) is 10.5. The van der Waals surface area contributed by atoms with Crippen LogP contribution in [-0.4, -0.2) is 50.8 Å². The molecule has 7 nitrogen and oxygen atoms in total. The van der Waals surface area contributed by atoms with Gasteiger partial charge in [-0.1, -0.05) is 0 Å². The molecular weight excluding hydrogens is 186 g/mol. The van der Waals surface area contributed by atoms with Crippen LogP contribution >= 0.6 is 0 Å². The highest BCUT2D eigenvalue weighted by Crippen LogP contribution is 1.99. The van der Waals surface area contributed by atoms with Crippen LogP contribution in [-0.2, 0) is 0 Å². The van der Waals surface area contributed by atoms with Crippen LogP contribution in [0, 0.1) is 0 Å². The minimum absolute atomic E-state index is 0.0356. The molecule has 14 heavy (non-hydrogen) atoms. The molecule has 4 N–H and O–H groups in total. The van der Waals surface area contributed by atoms with Gasteiger partial charge >= 0.3 is 0 Å².